The van der Waals surface area contributed by atoms with E-state index in [9.17, 15) is 23.1 Å². The molecule has 0 fully saturated rings. The average molecular weight is 484 g/mol. The number of anilines is 1. The molecule has 0 spiro atoms. The topological polar surface area (TPSA) is 95.0 Å². The van der Waals surface area contributed by atoms with Crippen LogP contribution in [0.3, 0.4) is 0 Å². The van der Waals surface area contributed by atoms with Crippen LogP contribution in [0, 0.1) is 0 Å². The Balaban J connectivity index is 1.39. The normalized spacial score (nSPS) is 20.1. The number of aliphatic imine (C=N–C) groups is 1. The molecule has 2 atom stereocenters. The van der Waals surface area contributed by atoms with Crippen LogP contribution < -0.4 is 20.7 Å². The Morgan fingerprint density at radius 1 is 1.20 bits per heavy atom. The molecule has 35 heavy (non-hydrogen) atoms. The number of nitrogens with zero attached hydrogens (tertiary/aromatic N) is 1. The van der Waals surface area contributed by atoms with E-state index in [0.717, 1.165) is 12.1 Å². The second-order valence-electron chi connectivity index (χ2n) is 7.79. The van der Waals surface area contributed by atoms with Crippen molar-refractivity contribution in [1.82, 2.24) is 10.6 Å². The lowest BCUT2D eigenvalue weighted by atomic mass is 10.0. The molecule has 2 aromatic carbocycles. The number of amidine groups is 1. The van der Waals surface area contributed by atoms with Gasteiger partial charge in [-0.1, -0.05) is 18.2 Å². The number of aliphatic hydroxyl groups is 1. The Bertz CT molecular complexity index is 1200. The molecular formula is C25H23F3N4O3. The first-order valence-electron chi connectivity index (χ1n) is 10.8. The summed E-state index contributed by atoms with van der Waals surface area (Å²) in [7, 11) is 0. The van der Waals surface area contributed by atoms with Crippen LogP contribution in [0.1, 0.15) is 11.1 Å². The smallest absolute Gasteiger partial charge is 0.416 e. The van der Waals surface area contributed by atoms with E-state index < -0.39 is 29.8 Å². The third-order valence-corrected chi connectivity index (χ3v) is 5.24. The highest BCUT2D eigenvalue weighted by Crippen LogP contribution is 2.30. The van der Waals surface area contributed by atoms with Crippen LogP contribution in [0.15, 0.2) is 83.7 Å². The summed E-state index contributed by atoms with van der Waals surface area (Å²) in [6.45, 7) is 1.01. The fraction of sp³-hybridized carbons (Fsp3) is 0.200. The summed E-state index contributed by atoms with van der Waals surface area (Å²) >= 11 is 0. The Hall–Kier alpha value is -3.89. The lowest BCUT2D eigenvalue weighted by Crippen LogP contribution is -2.54. The van der Waals surface area contributed by atoms with E-state index in [0.29, 0.717) is 36.0 Å². The van der Waals surface area contributed by atoms with Gasteiger partial charge in [-0.3, -0.25) is 9.79 Å². The minimum atomic E-state index is -4.49. The number of amides is 1. The number of carbonyl (C=O) groups excluding carboxylic acids is 1. The SMILES string of the molecule is O=C(C=Cc1cccc(OC2=CCNC(C3=NCC=CN3)C2O)c1)Nc1cccc(C(F)(F)F)c1. The number of aliphatic hydroxyl groups excluding tert-OH is 1. The standard InChI is InChI=1S/C25H23F3N4O3/c26-25(27,28)17-5-2-6-18(15-17)32-21(33)9-8-16-4-1-7-19(14-16)35-20-10-13-29-22(23(20)34)24-30-11-3-12-31-24/h1-11,14-15,22-23,29,34H,12-13H2,(H,30,31)(H,32,33). The van der Waals surface area contributed by atoms with Crippen molar-refractivity contribution >= 4 is 23.5 Å². The largest absolute Gasteiger partial charge is 0.459 e. The fourth-order valence-corrected chi connectivity index (χ4v) is 3.56. The van der Waals surface area contributed by atoms with Gasteiger partial charge in [0, 0.05) is 24.5 Å². The first-order chi connectivity index (χ1) is 16.8. The predicted molar refractivity (Wildman–Crippen MR) is 127 cm³/mol. The van der Waals surface area contributed by atoms with Crippen molar-refractivity contribution in [3.8, 4) is 5.75 Å². The zero-order valence-corrected chi connectivity index (χ0v) is 18.4. The first kappa shape index (κ1) is 24.2. The summed E-state index contributed by atoms with van der Waals surface area (Å²) in [4.78, 5) is 16.6. The molecule has 2 aromatic rings. The van der Waals surface area contributed by atoms with Crippen LogP contribution in [0.25, 0.3) is 6.08 Å². The maximum absolute atomic E-state index is 12.8. The van der Waals surface area contributed by atoms with Crippen LogP contribution in [-0.4, -0.2) is 42.1 Å². The second-order valence-corrected chi connectivity index (χ2v) is 7.79. The molecule has 0 saturated heterocycles. The van der Waals surface area contributed by atoms with Gasteiger partial charge < -0.3 is 25.8 Å². The highest BCUT2D eigenvalue weighted by Gasteiger charge is 2.32. The fourth-order valence-electron chi connectivity index (χ4n) is 3.56. The van der Waals surface area contributed by atoms with Gasteiger partial charge in [-0.05, 0) is 54.1 Å². The molecule has 0 saturated carbocycles. The third kappa shape index (κ3) is 6.37. The van der Waals surface area contributed by atoms with Gasteiger partial charge in [0.15, 0.2) is 0 Å². The van der Waals surface area contributed by atoms with Gasteiger partial charge in [-0.2, -0.15) is 13.2 Å². The van der Waals surface area contributed by atoms with E-state index in [1.165, 1.54) is 24.3 Å². The van der Waals surface area contributed by atoms with Crippen molar-refractivity contribution in [1.29, 1.82) is 0 Å². The van der Waals surface area contributed by atoms with Gasteiger partial charge in [0.2, 0.25) is 5.91 Å². The lowest BCUT2D eigenvalue weighted by molar-refractivity contribution is -0.137. The molecule has 4 N–H and O–H groups in total. The van der Waals surface area contributed by atoms with Gasteiger partial charge in [-0.25, -0.2) is 0 Å². The molecule has 0 aliphatic carbocycles. The summed E-state index contributed by atoms with van der Waals surface area (Å²) < 4.78 is 44.4. The van der Waals surface area contributed by atoms with Crippen LogP contribution in [-0.2, 0) is 11.0 Å². The molecule has 1 amide bonds. The zero-order valence-electron chi connectivity index (χ0n) is 18.4. The van der Waals surface area contributed by atoms with Crippen LogP contribution in [0.2, 0.25) is 0 Å². The number of hydrogen-bond donors (Lipinski definition) is 4. The van der Waals surface area contributed by atoms with Crippen molar-refractivity contribution in [2.24, 2.45) is 4.99 Å². The van der Waals surface area contributed by atoms with E-state index in [1.54, 1.807) is 36.5 Å². The minimum Gasteiger partial charge on any atom is -0.459 e. The van der Waals surface area contributed by atoms with Crippen molar-refractivity contribution < 1.29 is 27.8 Å². The highest BCUT2D eigenvalue weighted by molar-refractivity contribution is 6.02. The van der Waals surface area contributed by atoms with Crippen molar-refractivity contribution in [3.63, 3.8) is 0 Å². The van der Waals surface area contributed by atoms with Crippen molar-refractivity contribution in [3.05, 3.63) is 89.8 Å². The lowest BCUT2D eigenvalue weighted by Gasteiger charge is -2.31. The van der Waals surface area contributed by atoms with Gasteiger partial charge >= 0.3 is 6.18 Å². The molecule has 4 rings (SSSR count). The molecule has 0 aromatic heterocycles. The quantitative estimate of drug-likeness (QED) is 0.471. The number of halogens is 3. The summed E-state index contributed by atoms with van der Waals surface area (Å²) in [5, 5.41) is 19.4. The number of alkyl halides is 3. The molecule has 0 radical (unpaired) electrons. The molecule has 0 bridgehead atoms. The third-order valence-electron chi connectivity index (χ3n) is 5.24. The van der Waals surface area contributed by atoms with Gasteiger partial charge in [0.05, 0.1) is 18.2 Å². The van der Waals surface area contributed by atoms with Crippen LogP contribution in [0.5, 0.6) is 5.75 Å². The summed E-state index contributed by atoms with van der Waals surface area (Å²) in [5.41, 5.74) is -0.171. The van der Waals surface area contributed by atoms with E-state index in [2.05, 4.69) is 20.9 Å². The molecule has 2 heterocycles. The molecule has 2 aliphatic heterocycles. The number of benzene rings is 2. The van der Waals surface area contributed by atoms with Crippen molar-refractivity contribution in [2.45, 2.75) is 18.3 Å². The molecule has 2 aliphatic rings. The Morgan fingerprint density at radius 2 is 2.03 bits per heavy atom. The van der Waals surface area contributed by atoms with Crippen molar-refractivity contribution in [2.75, 3.05) is 18.4 Å². The van der Waals surface area contributed by atoms with Gasteiger partial charge in [0.1, 0.15) is 23.4 Å². The van der Waals surface area contributed by atoms with E-state index in [4.69, 9.17) is 4.74 Å². The summed E-state index contributed by atoms with van der Waals surface area (Å²) in [6, 6.07) is 10.8. The maximum Gasteiger partial charge on any atom is 0.416 e. The number of hydrogen-bond acceptors (Lipinski definition) is 6. The maximum atomic E-state index is 12.8. The summed E-state index contributed by atoms with van der Waals surface area (Å²) in [6.07, 6.45) is 2.66. The van der Waals surface area contributed by atoms with Gasteiger partial charge in [0.25, 0.3) is 0 Å². The number of nitrogens with one attached hydrogen (secondary N) is 3. The van der Waals surface area contributed by atoms with E-state index in [-0.39, 0.29) is 5.69 Å². The Labute approximate surface area is 199 Å². The minimum absolute atomic E-state index is 0.0421. The second kappa shape index (κ2) is 10.6. The Kier molecular flexibility index (Phi) is 7.33. The van der Waals surface area contributed by atoms with Crippen LogP contribution >= 0.6 is 0 Å². The van der Waals surface area contributed by atoms with E-state index >= 15 is 0 Å². The molecule has 7 nitrogen and oxygen atoms in total. The predicted octanol–water partition coefficient (Wildman–Crippen LogP) is 3.47. The first-order valence-corrected chi connectivity index (χ1v) is 10.8. The number of carbonyl (C=O) groups is 1. The van der Waals surface area contributed by atoms with Gasteiger partial charge in [-0.15, -0.1) is 0 Å². The highest BCUT2D eigenvalue weighted by atomic mass is 19.4. The van der Waals surface area contributed by atoms with E-state index in [1.807, 2.05) is 6.08 Å². The molecule has 182 valence electrons. The molecular weight excluding hydrogens is 461 g/mol. The zero-order chi connectivity index (χ0) is 24.8. The molecule has 2 unspecified atom stereocenters. The summed E-state index contributed by atoms with van der Waals surface area (Å²) in [5.74, 6) is 0.869. The average Bonchev–Trinajstić information content (AvgIpc) is 2.84. The molecule has 10 heteroatoms. The van der Waals surface area contributed by atoms with Crippen LogP contribution in [0.4, 0.5) is 18.9 Å². The number of rotatable bonds is 6. The monoisotopic (exact) mass is 484 g/mol. The number of ether oxygens (including phenoxy) is 1. The Morgan fingerprint density at radius 3 is 2.80 bits per heavy atom.